The lowest BCUT2D eigenvalue weighted by atomic mass is 9.99. The molecule has 13 heteroatoms. The van der Waals surface area contributed by atoms with Gasteiger partial charge < -0.3 is 25.2 Å². The highest BCUT2D eigenvalue weighted by atomic mass is 32.2. The molecule has 1 unspecified atom stereocenters. The largest absolute Gasteiger partial charge is 0.481 e. The Hall–Kier alpha value is -2.48. The van der Waals surface area contributed by atoms with E-state index in [0.29, 0.717) is 13.0 Å². The van der Waals surface area contributed by atoms with Crippen LogP contribution in [0.1, 0.15) is 129 Å². The molecule has 0 heterocycles. The number of Topliss-reactive ketones (excluding diaryl/α,β-unsaturated/α-hetero) is 1. The Labute approximate surface area is 304 Å². The molecule has 1 aromatic rings. The third-order valence-corrected chi connectivity index (χ3v) is 12.2. The van der Waals surface area contributed by atoms with Crippen molar-refractivity contribution in [1.82, 2.24) is 10.6 Å². The molecule has 2 atom stereocenters. The molecule has 1 aromatic carbocycles. The molecule has 0 fully saturated rings. The predicted molar refractivity (Wildman–Crippen MR) is 201 cm³/mol. The summed E-state index contributed by atoms with van der Waals surface area (Å²) >= 11 is 1.53. The number of carbonyl (C=O) groups is 4. The van der Waals surface area contributed by atoms with Crippen LogP contribution in [0, 0.1) is 5.92 Å². The fourth-order valence-corrected chi connectivity index (χ4v) is 7.58. The summed E-state index contributed by atoms with van der Waals surface area (Å²) < 4.78 is 38.0. The molecule has 50 heavy (non-hydrogen) atoms. The van der Waals surface area contributed by atoms with Crippen LogP contribution in [0.25, 0.3) is 0 Å². The Kier molecular flexibility index (Phi) is 17.2. The van der Waals surface area contributed by atoms with Gasteiger partial charge in [0.25, 0.3) is 5.91 Å². The number of ether oxygens (including phenoxy) is 2. The number of nitrogens with one attached hydrogen (secondary N) is 2. The zero-order chi connectivity index (χ0) is 38.7. The number of hydrogen-bond acceptors (Lipinski definition) is 9. The average Bonchev–Trinajstić information content (AvgIpc) is 2.94. The monoisotopic (exact) mass is 742 g/mol. The number of rotatable bonds is 21. The van der Waals surface area contributed by atoms with Gasteiger partial charge in [-0.1, -0.05) is 26.0 Å². The minimum atomic E-state index is -3.78. The number of thioether (sulfide) groups is 1. The van der Waals surface area contributed by atoms with Crippen LogP contribution in [-0.4, -0.2) is 94.6 Å². The maximum atomic E-state index is 14.0. The molecular formula is C37H62N2O9S2. The van der Waals surface area contributed by atoms with E-state index in [1.54, 1.807) is 27.7 Å². The van der Waals surface area contributed by atoms with Gasteiger partial charge in [0.15, 0.2) is 15.6 Å². The van der Waals surface area contributed by atoms with Gasteiger partial charge in [-0.25, -0.2) is 8.42 Å². The number of hydrogen-bond donors (Lipinski definition) is 3. The van der Waals surface area contributed by atoms with Gasteiger partial charge in [-0.15, -0.1) is 0 Å². The second-order valence-corrected chi connectivity index (χ2v) is 20.7. The maximum absolute atomic E-state index is 14.0. The highest BCUT2D eigenvalue weighted by Gasteiger charge is 2.39. The smallest absolute Gasteiger partial charge is 0.303 e. The first kappa shape index (κ1) is 45.5. The zero-order valence-electron chi connectivity index (χ0n) is 32.2. The highest BCUT2D eigenvalue weighted by molar-refractivity contribution is 8.00. The van der Waals surface area contributed by atoms with Crippen LogP contribution in [0.4, 0.5) is 0 Å². The maximum Gasteiger partial charge on any atom is 0.303 e. The first-order chi connectivity index (χ1) is 22.6. The summed E-state index contributed by atoms with van der Waals surface area (Å²) in [6, 6.07) is 4.56. The number of ketones is 1. The summed E-state index contributed by atoms with van der Waals surface area (Å²) in [6.45, 7) is 23.4. The molecular weight excluding hydrogens is 681 g/mol. The Morgan fingerprint density at radius 1 is 0.800 bits per heavy atom. The molecule has 11 nitrogen and oxygen atoms in total. The van der Waals surface area contributed by atoms with Gasteiger partial charge in [0, 0.05) is 53.2 Å². The van der Waals surface area contributed by atoms with Gasteiger partial charge >= 0.3 is 5.97 Å². The van der Waals surface area contributed by atoms with Crippen molar-refractivity contribution in [1.29, 1.82) is 0 Å². The number of amides is 2. The molecule has 0 radical (unpaired) electrons. The van der Waals surface area contributed by atoms with Crippen molar-refractivity contribution in [2.45, 2.75) is 142 Å². The molecule has 0 aliphatic rings. The van der Waals surface area contributed by atoms with Gasteiger partial charge in [-0.3, -0.25) is 19.2 Å². The summed E-state index contributed by atoms with van der Waals surface area (Å²) in [7, 11) is -3.78. The third kappa shape index (κ3) is 17.2. The Bertz CT molecular complexity index is 1390. The number of carboxylic acids is 1. The van der Waals surface area contributed by atoms with E-state index in [2.05, 4.69) is 10.6 Å². The van der Waals surface area contributed by atoms with Crippen molar-refractivity contribution in [3.05, 3.63) is 35.4 Å². The minimum absolute atomic E-state index is 0.0959. The quantitative estimate of drug-likeness (QED) is 0.126. The number of carboxylic acid groups (broad SMARTS) is 1. The van der Waals surface area contributed by atoms with Gasteiger partial charge in [-0.05, 0) is 101 Å². The summed E-state index contributed by atoms with van der Waals surface area (Å²) in [4.78, 5) is 50.9. The number of benzene rings is 1. The number of aliphatic carboxylic acids is 1. The summed E-state index contributed by atoms with van der Waals surface area (Å²) in [5, 5.41) is 14.4. The van der Waals surface area contributed by atoms with Gasteiger partial charge in [0.2, 0.25) is 5.91 Å². The Balaban J connectivity index is 3.28. The van der Waals surface area contributed by atoms with Gasteiger partial charge in [0.05, 0.1) is 21.7 Å². The van der Waals surface area contributed by atoms with E-state index in [4.69, 9.17) is 14.6 Å². The van der Waals surface area contributed by atoms with Crippen LogP contribution in [0.15, 0.2) is 24.3 Å². The van der Waals surface area contributed by atoms with Crippen molar-refractivity contribution in [2.24, 2.45) is 5.92 Å². The first-order valence-electron chi connectivity index (χ1n) is 17.3. The fourth-order valence-electron chi connectivity index (χ4n) is 4.63. The lowest BCUT2D eigenvalue weighted by molar-refractivity contribution is -0.137. The molecule has 3 N–H and O–H groups in total. The highest BCUT2D eigenvalue weighted by Crippen LogP contribution is 2.33. The van der Waals surface area contributed by atoms with Crippen molar-refractivity contribution in [3.63, 3.8) is 0 Å². The minimum Gasteiger partial charge on any atom is -0.481 e. The second-order valence-electron chi connectivity index (χ2n) is 16.3. The summed E-state index contributed by atoms with van der Waals surface area (Å²) in [5.41, 5.74) is -0.290. The van der Waals surface area contributed by atoms with Gasteiger partial charge in [-0.2, -0.15) is 11.8 Å². The van der Waals surface area contributed by atoms with E-state index in [-0.39, 0.29) is 70.7 Å². The lowest BCUT2D eigenvalue weighted by Gasteiger charge is -2.31. The van der Waals surface area contributed by atoms with Crippen LogP contribution in [-0.2, 0) is 28.9 Å². The molecule has 0 aromatic heterocycles. The van der Waals surface area contributed by atoms with Crippen LogP contribution in [0.3, 0.4) is 0 Å². The predicted octanol–water partition coefficient (Wildman–Crippen LogP) is 6.09. The van der Waals surface area contributed by atoms with Crippen LogP contribution >= 0.6 is 11.8 Å². The summed E-state index contributed by atoms with van der Waals surface area (Å²) in [5.74, 6) is -3.51. The van der Waals surface area contributed by atoms with Crippen molar-refractivity contribution in [3.8, 4) is 0 Å². The molecule has 0 spiro atoms. The van der Waals surface area contributed by atoms with E-state index < -0.39 is 49.9 Å². The van der Waals surface area contributed by atoms with Gasteiger partial charge in [0.1, 0.15) is 6.04 Å². The third-order valence-electron chi connectivity index (χ3n) is 7.92. The van der Waals surface area contributed by atoms with Crippen LogP contribution in [0.2, 0.25) is 0 Å². The standard InChI is InChI=1S/C37H62N2O9S2/c1-25(2)38-33(44)29(17-18-30(40)41)39-32(43)27-15-13-26(14-16-27)31(42)28(23-49-36(9,10)19-21-47-34(3,4)5)24-50(45,46)37(11,12)20-22-48-35(6,7)8/h13-16,25,28-29H,17-24H2,1-12H3,(H,38,44)(H,39,43)(H,40,41)/t28?,29-/m0/s1. The lowest BCUT2D eigenvalue weighted by Crippen LogP contribution is -2.48. The van der Waals surface area contributed by atoms with Crippen molar-refractivity contribution >= 4 is 45.2 Å². The van der Waals surface area contributed by atoms with Crippen molar-refractivity contribution < 1.29 is 42.2 Å². The molecule has 0 aliphatic heterocycles. The Morgan fingerprint density at radius 3 is 1.78 bits per heavy atom. The molecule has 0 aliphatic carbocycles. The molecule has 0 bridgehead atoms. The van der Waals surface area contributed by atoms with Crippen LogP contribution < -0.4 is 10.6 Å². The summed E-state index contributed by atoms with van der Waals surface area (Å²) in [6.07, 6.45) is 0.557. The average molecular weight is 743 g/mol. The first-order valence-corrected chi connectivity index (χ1v) is 19.9. The van der Waals surface area contributed by atoms with Crippen molar-refractivity contribution in [2.75, 3.05) is 24.7 Å². The van der Waals surface area contributed by atoms with E-state index in [9.17, 15) is 27.6 Å². The van der Waals surface area contributed by atoms with E-state index in [1.807, 2.05) is 55.4 Å². The molecule has 0 saturated heterocycles. The number of sulfone groups is 1. The SMILES string of the molecule is CC(C)NC(=O)[C@H](CCC(=O)O)NC(=O)c1ccc(C(=O)C(CSC(C)(C)CCOC(C)(C)C)CS(=O)(=O)C(C)(C)CCOC(C)(C)C)cc1. The normalized spacial score (nSPS) is 14.3. The molecule has 286 valence electrons. The Morgan fingerprint density at radius 2 is 1.30 bits per heavy atom. The number of carbonyl (C=O) groups excluding carboxylic acids is 3. The fraction of sp³-hybridized carbons (Fsp3) is 0.730. The zero-order valence-corrected chi connectivity index (χ0v) is 33.9. The van der Waals surface area contributed by atoms with E-state index in [1.165, 1.54) is 36.0 Å². The molecule has 1 rings (SSSR count). The molecule has 2 amide bonds. The van der Waals surface area contributed by atoms with Crippen LogP contribution in [0.5, 0.6) is 0 Å². The molecule has 0 saturated carbocycles. The van der Waals surface area contributed by atoms with E-state index >= 15 is 0 Å². The second kappa shape index (κ2) is 18.8. The topological polar surface area (TPSA) is 165 Å². The van der Waals surface area contributed by atoms with E-state index in [0.717, 1.165) is 0 Å².